The summed E-state index contributed by atoms with van der Waals surface area (Å²) in [5, 5.41) is 6.93. The first-order valence-electron chi connectivity index (χ1n) is 7.04. The number of carbonyl (C=O) groups excluding carboxylic acids is 1. The quantitative estimate of drug-likeness (QED) is 0.702. The van der Waals surface area contributed by atoms with Gasteiger partial charge in [0.1, 0.15) is 17.0 Å². The number of thiophene rings is 1. The van der Waals surface area contributed by atoms with Gasteiger partial charge in [0.05, 0.1) is 11.9 Å². The number of fused-ring (bicyclic) bond motifs is 1. The SMILES string of the molecule is Cc1cc2c(NCC(=O)Nc3ccc(Br)cc3C)ncnc2s1. The highest BCUT2D eigenvalue weighted by Crippen LogP contribution is 2.27. The minimum absolute atomic E-state index is 0.117. The summed E-state index contributed by atoms with van der Waals surface area (Å²) >= 11 is 5.02. The summed E-state index contributed by atoms with van der Waals surface area (Å²) in [5.74, 6) is 0.566. The van der Waals surface area contributed by atoms with E-state index < -0.39 is 0 Å². The predicted molar refractivity (Wildman–Crippen MR) is 98.2 cm³/mol. The molecule has 3 aromatic rings. The smallest absolute Gasteiger partial charge is 0.243 e. The first kappa shape index (κ1) is 15.9. The normalized spacial score (nSPS) is 10.7. The highest BCUT2D eigenvalue weighted by Gasteiger charge is 2.09. The molecule has 5 nitrogen and oxygen atoms in total. The fourth-order valence-electron chi connectivity index (χ4n) is 2.24. The number of carbonyl (C=O) groups is 1. The van der Waals surface area contributed by atoms with Gasteiger partial charge in [0.25, 0.3) is 0 Å². The molecule has 1 aromatic carbocycles. The lowest BCUT2D eigenvalue weighted by molar-refractivity contribution is -0.114. The van der Waals surface area contributed by atoms with Crippen LogP contribution in [0.1, 0.15) is 10.4 Å². The van der Waals surface area contributed by atoms with Crippen molar-refractivity contribution in [2.45, 2.75) is 13.8 Å². The van der Waals surface area contributed by atoms with E-state index in [1.165, 1.54) is 11.2 Å². The highest BCUT2D eigenvalue weighted by molar-refractivity contribution is 9.10. The molecule has 0 saturated heterocycles. The highest BCUT2D eigenvalue weighted by atomic mass is 79.9. The van der Waals surface area contributed by atoms with E-state index in [0.29, 0.717) is 5.82 Å². The number of hydrogen-bond acceptors (Lipinski definition) is 5. The van der Waals surface area contributed by atoms with Crippen LogP contribution in [0.5, 0.6) is 0 Å². The van der Waals surface area contributed by atoms with Crippen molar-refractivity contribution in [3.8, 4) is 0 Å². The van der Waals surface area contributed by atoms with E-state index in [0.717, 1.165) is 25.9 Å². The molecule has 0 spiro atoms. The summed E-state index contributed by atoms with van der Waals surface area (Å²) in [4.78, 5) is 22.7. The molecular formula is C16H15BrN4OS. The van der Waals surface area contributed by atoms with E-state index in [4.69, 9.17) is 0 Å². The fourth-order valence-corrected chi connectivity index (χ4v) is 3.57. The molecule has 0 fully saturated rings. The maximum absolute atomic E-state index is 12.1. The number of halogens is 1. The Morgan fingerprint density at radius 3 is 2.87 bits per heavy atom. The lowest BCUT2D eigenvalue weighted by atomic mass is 10.2. The molecule has 0 radical (unpaired) electrons. The summed E-state index contributed by atoms with van der Waals surface area (Å²) in [7, 11) is 0. The number of anilines is 2. The number of aryl methyl sites for hydroxylation is 2. The molecule has 1 amide bonds. The van der Waals surface area contributed by atoms with Gasteiger partial charge in [-0.1, -0.05) is 15.9 Å². The number of aromatic nitrogens is 2. The van der Waals surface area contributed by atoms with Gasteiger partial charge in [-0.15, -0.1) is 11.3 Å². The Labute approximate surface area is 146 Å². The topological polar surface area (TPSA) is 66.9 Å². The summed E-state index contributed by atoms with van der Waals surface area (Å²) in [5.41, 5.74) is 1.81. The fraction of sp³-hybridized carbons (Fsp3) is 0.188. The van der Waals surface area contributed by atoms with Crippen LogP contribution in [0, 0.1) is 13.8 Å². The molecule has 0 aliphatic heterocycles. The molecule has 0 saturated carbocycles. The average molecular weight is 391 g/mol. The minimum atomic E-state index is -0.117. The standard InChI is InChI=1S/C16H15BrN4OS/c1-9-5-11(17)3-4-13(9)21-14(22)7-18-15-12-6-10(2)23-16(12)20-8-19-15/h3-6,8H,7H2,1-2H3,(H,21,22)(H,18,19,20). The zero-order valence-corrected chi connectivity index (χ0v) is 15.1. The Bertz CT molecular complexity index is 878. The second-order valence-electron chi connectivity index (χ2n) is 5.16. The third kappa shape index (κ3) is 3.68. The van der Waals surface area contributed by atoms with Gasteiger partial charge >= 0.3 is 0 Å². The van der Waals surface area contributed by atoms with Crippen LogP contribution >= 0.6 is 27.3 Å². The third-order valence-corrected chi connectivity index (χ3v) is 4.78. The molecular weight excluding hydrogens is 376 g/mol. The zero-order valence-electron chi connectivity index (χ0n) is 12.7. The molecule has 0 atom stereocenters. The summed E-state index contributed by atoms with van der Waals surface area (Å²) in [6.07, 6.45) is 1.51. The van der Waals surface area contributed by atoms with Crippen LogP contribution in [0.4, 0.5) is 11.5 Å². The van der Waals surface area contributed by atoms with Gasteiger partial charge in [-0.05, 0) is 43.7 Å². The molecule has 2 heterocycles. The molecule has 7 heteroatoms. The molecule has 0 bridgehead atoms. The molecule has 0 unspecified atom stereocenters. The molecule has 0 aliphatic rings. The first-order valence-corrected chi connectivity index (χ1v) is 8.65. The lowest BCUT2D eigenvalue weighted by Gasteiger charge is -2.10. The minimum Gasteiger partial charge on any atom is -0.360 e. The van der Waals surface area contributed by atoms with Crippen molar-refractivity contribution >= 4 is 54.9 Å². The number of nitrogens with one attached hydrogen (secondary N) is 2. The maximum atomic E-state index is 12.1. The number of hydrogen-bond donors (Lipinski definition) is 2. The van der Waals surface area contributed by atoms with E-state index >= 15 is 0 Å². The van der Waals surface area contributed by atoms with Crippen LogP contribution in [0.3, 0.4) is 0 Å². The Morgan fingerprint density at radius 1 is 1.26 bits per heavy atom. The largest absolute Gasteiger partial charge is 0.360 e. The van der Waals surface area contributed by atoms with Gasteiger partial charge in [0.15, 0.2) is 0 Å². The monoisotopic (exact) mass is 390 g/mol. The average Bonchev–Trinajstić information content (AvgIpc) is 2.88. The molecule has 2 N–H and O–H groups in total. The summed E-state index contributed by atoms with van der Waals surface area (Å²) < 4.78 is 0.988. The Hall–Kier alpha value is -1.99. The molecule has 118 valence electrons. The van der Waals surface area contributed by atoms with Crippen molar-refractivity contribution in [3.63, 3.8) is 0 Å². The number of nitrogens with zero attached hydrogens (tertiary/aromatic N) is 2. The number of rotatable bonds is 4. The zero-order chi connectivity index (χ0) is 16.4. The van der Waals surface area contributed by atoms with Crippen LogP contribution in [0.15, 0.2) is 35.1 Å². The van der Waals surface area contributed by atoms with Gasteiger partial charge < -0.3 is 10.6 Å². The molecule has 23 heavy (non-hydrogen) atoms. The van der Waals surface area contributed by atoms with Crippen LogP contribution in [-0.2, 0) is 4.79 Å². The van der Waals surface area contributed by atoms with E-state index in [2.05, 4.69) is 36.5 Å². The Kier molecular flexibility index (Phi) is 4.58. The first-order chi connectivity index (χ1) is 11.0. The van der Waals surface area contributed by atoms with Crippen molar-refractivity contribution in [3.05, 3.63) is 45.5 Å². The van der Waals surface area contributed by atoms with E-state index in [1.807, 2.05) is 38.1 Å². The Balaban J connectivity index is 1.68. The van der Waals surface area contributed by atoms with E-state index in [9.17, 15) is 4.79 Å². The van der Waals surface area contributed by atoms with Gasteiger partial charge in [0.2, 0.25) is 5.91 Å². The number of amides is 1. The van der Waals surface area contributed by atoms with Gasteiger partial charge in [-0.25, -0.2) is 9.97 Å². The van der Waals surface area contributed by atoms with Crippen molar-refractivity contribution in [1.29, 1.82) is 0 Å². The van der Waals surface area contributed by atoms with E-state index in [1.54, 1.807) is 11.3 Å². The van der Waals surface area contributed by atoms with Crippen LogP contribution in [0.25, 0.3) is 10.2 Å². The van der Waals surface area contributed by atoms with Crippen LogP contribution in [0.2, 0.25) is 0 Å². The second kappa shape index (κ2) is 6.64. The molecule has 3 rings (SSSR count). The van der Waals surface area contributed by atoms with Crippen molar-refractivity contribution in [1.82, 2.24) is 9.97 Å². The number of benzene rings is 1. The molecule has 0 aliphatic carbocycles. The second-order valence-corrected chi connectivity index (χ2v) is 7.31. The van der Waals surface area contributed by atoms with Crippen molar-refractivity contribution in [2.24, 2.45) is 0 Å². The van der Waals surface area contributed by atoms with Crippen molar-refractivity contribution in [2.75, 3.05) is 17.2 Å². The van der Waals surface area contributed by atoms with Gasteiger partial charge in [-0.2, -0.15) is 0 Å². The predicted octanol–water partition coefficient (Wildman–Crippen LogP) is 4.12. The Morgan fingerprint density at radius 2 is 2.09 bits per heavy atom. The summed E-state index contributed by atoms with van der Waals surface area (Å²) in [6.45, 7) is 4.13. The van der Waals surface area contributed by atoms with Gasteiger partial charge in [-0.3, -0.25) is 4.79 Å². The summed E-state index contributed by atoms with van der Waals surface area (Å²) in [6, 6.07) is 7.77. The lowest BCUT2D eigenvalue weighted by Crippen LogP contribution is -2.22. The van der Waals surface area contributed by atoms with Crippen LogP contribution < -0.4 is 10.6 Å². The van der Waals surface area contributed by atoms with E-state index in [-0.39, 0.29) is 12.5 Å². The maximum Gasteiger partial charge on any atom is 0.243 e. The third-order valence-electron chi connectivity index (χ3n) is 3.33. The van der Waals surface area contributed by atoms with Gasteiger partial charge in [0, 0.05) is 15.0 Å². The van der Waals surface area contributed by atoms with Crippen molar-refractivity contribution < 1.29 is 4.79 Å². The molecule has 2 aromatic heterocycles. The van der Waals surface area contributed by atoms with Crippen LogP contribution in [-0.4, -0.2) is 22.4 Å².